The molecule has 9 nitrogen and oxygen atoms in total. The third kappa shape index (κ3) is 4.24. The van der Waals surface area contributed by atoms with Gasteiger partial charge in [0.15, 0.2) is 11.5 Å². The van der Waals surface area contributed by atoms with Crippen molar-refractivity contribution < 1.29 is 9.47 Å². The van der Waals surface area contributed by atoms with E-state index in [-0.39, 0.29) is 6.79 Å². The fourth-order valence-electron chi connectivity index (χ4n) is 4.03. The summed E-state index contributed by atoms with van der Waals surface area (Å²) < 4.78 is 10.8. The molecular weight excluding hydrogens is 382 g/mol. The van der Waals surface area contributed by atoms with Gasteiger partial charge in [-0.3, -0.25) is 0 Å². The number of benzene rings is 1. The zero-order valence-electron chi connectivity index (χ0n) is 17.1. The van der Waals surface area contributed by atoms with Gasteiger partial charge in [-0.05, 0) is 62.3 Å². The molecule has 9 heteroatoms. The lowest BCUT2D eigenvalue weighted by atomic mass is 10.1. The fraction of sp³-hybridized carbons (Fsp3) is 0.524. The van der Waals surface area contributed by atoms with E-state index in [1.165, 1.54) is 38.5 Å². The first-order valence-electron chi connectivity index (χ1n) is 10.8. The maximum absolute atomic E-state index is 5.42. The van der Waals surface area contributed by atoms with Crippen molar-refractivity contribution in [3.63, 3.8) is 0 Å². The zero-order chi connectivity index (χ0) is 20.2. The highest BCUT2D eigenvalue weighted by Crippen LogP contribution is 2.32. The van der Waals surface area contributed by atoms with Gasteiger partial charge in [0.05, 0.1) is 6.21 Å². The lowest BCUT2D eigenvalue weighted by molar-refractivity contribution is 0.174. The molecule has 1 aromatic heterocycles. The summed E-state index contributed by atoms with van der Waals surface area (Å²) in [5.74, 6) is 3.45. The zero-order valence-corrected chi connectivity index (χ0v) is 17.1. The lowest BCUT2D eigenvalue weighted by Gasteiger charge is -2.30. The topological polar surface area (TPSA) is 88.0 Å². The molecule has 2 aromatic rings. The summed E-state index contributed by atoms with van der Waals surface area (Å²) in [6.07, 6.45) is 8.97. The van der Waals surface area contributed by atoms with Crippen LogP contribution in [0.15, 0.2) is 23.3 Å². The lowest BCUT2D eigenvalue weighted by Crippen LogP contribution is -2.34. The van der Waals surface area contributed by atoms with Gasteiger partial charge in [-0.25, -0.2) is 5.43 Å². The van der Waals surface area contributed by atoms with E-state index in [4.69, 9.17) is 14.5 Å². The van der Waals surface area contributed by atoms with Crippen LogP contribution in [0.3, 0.4) is 0 Å². The van der Waals surface area contributed by atoms with E-state index in [0.29, 0.717) is 5.95 Å². The number of hydrogen-bond donors (Lipinski definition) is 1. The van der Waals surface area contributed by atoms with E-state index in [0.717, 1.165) is 55.1 Å². The number of hydrogen-bond acceptors (Lipinski definition) is 9. The van der Waals surface area contributed by atoms with Crippen LogP contribution in [0.1, 0.15) is 44.1 Å². The Morgan fingerprint density at radius 3 is 2.10 bits per heavy atom. The van der Waals surface area contributed by atoms with E-state index in [9.17, 15) is 0 Å². The van der Waals surface area contributed by atoms with Crippen molar-refractivity contribution in [2.75, 3.05) is 48.2 Å². The van der Waals surface area contributed by atoms with Crippen molar-refractivity contribution >= 4 is 24.1 Å². The Labute approximate surface area is 176 Å². The molecule has 0 amide bonds. The fourth-order valence-corrected chi connectivity index (χ4v) is 4.03. The molecule has 4 heterocycles. The Balaban J connectivity index is 1.35. The summed E-state index contributed by atoms with van der Waals surface area (Å²) in [4.78, 5) is 18.6. The Bertz CT molecular complexity index is 872. The first-order chi connectivity index (χ1) is 14.8. The molecule has 0 saturated carbocycles. The van der Waals surface area contributed by atoms with Gasteiger partial charge in [0.2, 0.25) is 24.6 Å². The number of anilines is 3. The third-order valence-electron chi connectivity index (χ3n) is 5.66. The van der Waals surface area contributed by atoms with Crippen molar-refractivity contribution in [2.45, 2.75) is 38.5 Å². The molecular formula is C21H27N7O2. The van der Waals surface area contributed by atoms with Crippen LogP contribution in [0.2, 0.25) is 0 Å². The largest absolute Gasteiger partial charge is 0.454 e. The van der Waals surface area contributed by atoms with Gasteiger partial charge in [-0.15, -0.1) is 0 Å². The Morgan fingerprint density at radius 1 is 0.800 bits per heavy atom. The second kappa shape index (κ2) is 8.73. The van der Waals surface area contributed by atoms with Gasteiger partial charge >= 0.3 is 0 Å². The van der Waals surface area contributed by atoms with Gasteiger partial charge < -0.3 is 19.3 Å². The molecule has 0 atom stereocenters. The summed E-state index contributed by atoms with van der Waals surface area (Å²) in [6.45, 7) is 4.22. The second-order valence-corrected chi connectivity index (χ2v) is 7.84. The summed E-state index contributed by atoms with van der Waals surface area (Å²) in [5.41, 5.74) is 3.91. The average molecular weight is 409 g/mol. The minimum absolute atomic E-state index is 0.261. The van der Waals surface area contributed by atoms with Crippen LogP contribution in [0.5, 0.6) is 11.5 Å². The molecule has 0 unspecified atom stereocenters. The number of hydrazone groups is 1. The number of piperidine rings is 2. The standard InChI is InChI=1S/C21H27N7O2/c1-3-9-27(10-4-1)20-23-19(24-21(25-20)28-11-5-2-6-12-28)26-22-14-16-7-8-17-18(13-16)30-15-29-17/h7-8,13-14H,1-6,9-12,15H2,(H,23,24,25,26). The van der Waals surface area contributed by atoms with Gasteiger partial charge in [-0.1, -0.05) is 0 Å². The number of rotatable bonds is 5. The van der Waals surface area contributed by atoms with Crippen LogP contribution >= 0.6 is 0 Å². The molecule has 2 fully saturated rings. The smallest absolute Gasteiger partial charge is 0.250 e. The van der Waals surface area contributed by atoms with Crippen LogP contribution in [-0.2, 0) is 0 Å². The minimum atomic E-state index is 0.261. The molecule has 3 aliphatic rings. The summed E-state index contributed by atoms with van der Waals surface area (Å²) in [5, 5.41) is 4.35. The highest BCUT2D eigenvalue weighted by Gasteiger charge is 2.20. The van der Waals surface area contributed by atoms with Gasteiger partial charge in [0.25, 0.3) is 0 Å². The van der Waals surface area contributed by atoms with Crippen LogP contribution in [0.4, 0.5) is 17.8 Å². The number of fused-ring (bicyclic) bond motifs is 1. The molecule has 158 valence electrons. The monoisotopic (exact) mass is 409 g/mol. The molecule has 1 N–H and O–H groups in total. The quantitative estimate of drug-likeness (QED) is 0.596. The first-order valence-corrected chi connectivity index (χ1v) is 10.8. The van der Waals surface area contributed by atoms with Crippen molar-refractivity contribution in [3.8, 4) is 11.5 Å². The van der Waals surface area contributed by atoms with Crippen molar-refractivity contribution in [2.24, 2.45) is 5.10 Å². The van der Waals surface area contributed by atoms with Crippen molar-refractivity contribution in [1.29, 1.82) is 0 Å². The van der Waals surface area contributed by atoms with Crippen LogP contribution in [0, 0.1) is 0 Å². The van der Waals surface area contributed by atoms with Crippen LogP contribution in [0.25, 0.3) is 0 Å². The Hall–Kier alpha value is -3.10. The molecule has 0 bridgehead atoms. The third-order valence-corrected chi connectivity index (χ3v) is 5.66. The summed E-state index contributed by atoms with van der Waals surface area (Å²) in [6, 6.07) is 5.72. The summed E-state index contributed by atoms with van der Waals surface area (Å²) >= 11 is 0. The van der Waals surface area contributed by atoms with E-state index >= 15 is 0 Å². The second-order valence-electron chi connectivity index (χ2n) is 7.84. The van der Waals surface area contributed by atoms with Crippen molar-refractivity contribution in [1.82, 2.24) is 15.0 Å². The number of nitrogens with zero attached hydrogens (tertiary/aromatic N) is 6. The Kier molecular flexibility index (Phi) is 5.50. The maximum atomic E-state index is 5.42. The summed E-state index contributed by atoms with van der Waals surface area (Å²) in [7, 11) is 0. The highest BCUT2D eigenvalue weighted by atomic mass is 16.7. The Morgan fingerprint density at radius 2 is 1.43 bits per heavy atom. The average Bonchev–Trinajstić information content (AvgIpc) is 3.28. The molecule has 3 aliphatic heterocycles. The predicted octanol–water partition coefficient (Wildman–Crippen LogP) is 3.03. The molecule has 5 rings (SSSR count). The number of ether oxygens (including phenoxy) is 2. The van der Waals surface area contributed by atoms with Crippen LogP contribution in [-0.4, -0.2) is 54.1 Å². The van der Waals surface area contributed by atoms with Crippen LogP contribution < -0.4 is 24.7 Å². The van der Waals surface area contributed by atoms with Gasteiger partial charge in [-0.2, -0.15) is 20.1 Å². The normalized spacial score (nSPS) is 18.8. The molecule has 0 spiro atoms. The number of nitrogens with one attached hydrogen (secondary N) is 1. The molecule has 0 aliphatic carbocycles. The van der Waals surface area contributed by atoms with Gasteiger partial charge in [0, 0.05) is 26.2 Å². The molecule has 2 saturated heterocycles. The maximum Gasteiger partial charge on any atom is 0.250 e. The molecule has 30 heavy (non-hydrogen) atoms. The van der Waals surface area contributed by atoms with Gasteiger partial charge in [0.1, 0.15) is 0 Å². The predicted molar refractivity (Wildman–Crippen MR) is 116 cm³/mol. The van der Waals surface area contributed by atoms with Crippen molar-refractivity contribution in [3.05, 3.63) is 23.8 Å². The van der Waals surface area contributed by atoms with E-state index in [1.54, 1.807) is 6.21 Å². The minimum Gasteiger partial charge on any atom is -0.454 e. The van der Waals surface area contributed by atoms with E-state index < -0.39 is 0 Å². The van der Waals surface area contributed by atoms with E-state index in [1.807, 2.05) is 18.2 Å². The first kappa shape index (κ1) is 18.9. The SMILES string of the molecule is C(=NNc1nc(N2CCCCC2)nc(N2CCCCC2)n1)c1ccc2c(c1)OCO2. The number of aromatic nitrogens is 3. The molecule has 1 aromatic carbocycles. The molecule has 0 radical (unpaired) electrons. The highest BCUT2D eigenvalue weighted by molar-refractivity contribution is 5.81. The van der Waals surface area contributed by atoms with E-state index in [2.05, 4.69) is 30.3 Å².